The number of amides is 1. The number of benzene rings is 2. The number of carbonyl (C=O) groups is 2. The van der Waals surface area contributed by atoms with Crippen LogP contribution >= 0.6 is 0 Å². The molecule has 2 aromatic rings. The van der Waals surface area contributed by atoms with Crippen LogP contribution in [0.5, 0.6) is 5.75 Å². The molecule has 150 valence electrons. The van der Waals surface area contributed by atoms with E-state index in [1.54, 1.807) is 31.4 Å². The third kappa shape index (κ3) is 4.39. The smallest absolute Gasteiger partial charge is 0.227 e. The molecular formula is C24H26N2O3. The molecule has 0 radical (unpaired) electrons. The van der Waals surface area contributed by atoms with E-state index in [1.165, 1.54) is 5.56 Å². The van der Waals surface area contributed by atoms with Gasteiger partial charge in [0, 0.05) is 22.7 Å². The maximum absolute atomic E-state index is 12.9. The van der Waals surface area contributed by atoms with Gasteiger partial charge in [-0.05, 0) is 75.1 Å². The van der Waals surface area contributed by atoms with Gasteiger partial charge in [0.15, 0.2) is 5.78 Å². The number of ketones is 1. The lowest BCUT2D eigenvalue weighted by Crippen LogP contribution is -2.30. The third-order valence-corrected chi connectivity index (χ3v) is 5.44. The molecule has 0 atom stereocenters. The van der Waals surface area contributed by atoms with Crippen molar-refractivity contribution in [2.24, 2.45) is 10.9 Å². The summed E-state index contributed by atoms with van der Waals surface area (Å²) in [4.78, 5) is 29.7. The molecule has 1 fully saturated rings. The number of fused-ring (bicyclic) bond motifs is 1. The second-order valence-electron chi connectivity index (χ2n) is 8.51. The number of Topliss-reactive ketones (excluding diaryl/α,β-unsaturated/α-hetero) is 1. The maximum Gasteiger partial charge on any atom is 0.227 e. The normalized spacial score (nSPS) is 17.1. The van der Waals surface area contributed by atoms with E-state index < -0.39 is 0 Å². The number of ether oxygens (including phenoxy) is 1. The van der Waals surface area contributed by atoms with Gasteiger partial charge in [-0.25, -0.2) is 0 Å². The first-order valence-corrected chi connectivity index (χ1v) is 10.0. The summed E-state index contributed by atoms with van der Waals surface area (Å²) in [5, 5.41) is 2.90. The van der Waals surface area contributed by atoms with Crippen LogP contribution in [0.3, 0.4) is 0 Å². The molecule has 1 heterocycles. The van der Waals surface area contributed by atoms with Gasteiger partial charge in [0.25, 0.3) is 0 Å². The standard InChI is InChI=1S/C24H26N2O3/c1-24(2)14-17-8-11-19(29-3)12-20(17)21(26-24)13-22(27)15-6-9-18(10-7-15)25-23(28)16-4-5-16/h6-12,16H,4-5,13-14H2,1-3H3,(H,25,28). The highest BCUT2D eigenvalue weighted by molar-refractivity contribution is 6.17. The molecule has 0 spiro atoms. The van der Waals surface area contributed by atoms with Crippen molar-refractivity contribution < 1.29 is 14.3 Å². The Morgan fingerprint density at radius 2 is 1.86 bits per heavy atom. The average molecular weight is 390 g/mol. The Labute approximate surface area is 171 Å². The Balaban J connectivity index is 1.52. The average Bonchev–Trinajstić information content (AvgIpc) is 3.53. The number of methoxy groups -OCH3 is 1. The molecule has 1 aliphatic carbocycles. The lowest BCUT2D eigenvalue weighted by Gasteiger charge is -2.29. The first-order chi connectivity index (χ1) is 13.8. The SMILES string of the molecule is COc1ccc2c(c1)C(CC(=O)c1ccc(NC(=O)C3CC3)cc1)=NC(C)(C)C2. The molecular weight excluding hydrogens is 364 g/mol. The van der Waals surface area contributed by atoms with Crippen LogP contribution in [0.15, 0.2) is 47.5 Å². The summed E-state index contributed by atoms with van der Waals surface area (Å²) in [6.45, 7) is 4.17. The van der Waals surface area contributed by atoms with E-state index in [4.69, 9.17) is 9.73 Å². The Bertz CT molecular complexity index is 986. The van der Waals surface area contributed by atoms with Crippen molar-refractivity contribution in [3.63, 3.8) is 0 Å². The Morgan fingerprint density at radius 3 is 2.52 bits per heavy atom. The summed E-state index contributed by atoms with van der Waals surface area (Å²) in [5.74, 6) is 0.990. The lowest BCUT2D eigenvalue weighted by molar-refractivity contribution is -0.117. The van der Waals surface area contributed by atoms with Crippen LogP contribution in [0.4, 0.5) is 5.69 Å². The summed E-state index contributed by atoms with van der Waals surface area (Å²) in [6.07, 6.45) is 3.00. The fourth-order valence-corrected chi connectivity index (χ4v) is 3.75. The van der Waals surface area contributed by atoms with Crippen LogP contribution in [0.1, 0.15) is 54.6 Å². The number of anilines is 1. The van der Waals surface area contributed by atoms with E-state index in [9.17, 15) is 9.59 Å². The summed E-state index contributed by atoms with van der Waals surface area (Å²) < 4.78 is 5.36. The van der Waals surface area contributed by atoms with E-state index in [2.05, 4.69) is 25.2 Å². The third-order valence-electron chi connectivity index (χ3n) is 5.44. The van der Waals surface area contributed by atoms with Gasteiger partial charge in [-0.15, -0.1) is 0 Å². The van der Waals surface area contributed by atoms with E-state index in [0.717, 1.165) is 42.0 Å². The van der Waals surface area contributed by atoms with Crippen molar-refractivity contribution in [2.75, 3.05) is 12.4 Å². The Hall–Kier alpha value is -2.95. The molecule has 1 amide bonds. The molecule has 5 heteroatoms. The van der Waals surface area contributed by atoms with Crippen molar-refractivity contribution >= 4 is 23.1 Å². The second kappa shape index (κ2) is 7.47. The van der Waals surface area contributed by atoms with Gasteiger partial charge in [-0.1, -0.05) is 6.07 Å². The molecule has 29 heavy (non-hydrogen) atoms. The molecule has 0 aromatic heterocycles. The van der Waals surface area contributed by atoms with Crippen molar-refractivity contribution in [3.8, 4) is 5.75 Å². The minimum atomic E-state index is -0.242. The highest BCUT2D eigenvalue weighted by atomic mass is 16.5. The number of hydrogen-bond acceptors (Lipinski definition) is 4. The Morgan fingerprint density at radius 1 is 1.14 bits per heavy atom. The minimum absolute atomic E-state index is 0.00953. The summed E-state index contributed by atoms with van der Waals surface area (Å²) in [5.41, 5.74) is 4.08. The first-order valence-electron chi connectivity index (χ1n) is 10.0. The first kappa shape index (κ1) is 19.4. The molecule has 0 unspecified atom stereocenters. The van der Waals surface area contributed by atoms with Crippen LogP contribution in [0.25, 0.3) is 0 Å². The quantitative estimate of drug-likeness (QED) is 0.742. The minimum Gasteiger partial charge on any atom is -0.497 e. The van der Waals surface area contributed by atoms with Crippen LogP contribution < -0.4 is 10.1 Å². The number of nitrogens with zero attached hydrogens (tertiary/aromatic N) is 1. The van der Waals surface area contributed by atoms with Crippen molar-refractivity contribution in [2.45, 2.75) is 45.1 Å². The summed E-state index contributed by atoms with van der Waals surface area (Å²) >= 11 is 0. The molecule has 1 aliphatic heterocycles. The van der Waals surface area contributed by atoms with E-state index in [-0.39, 0.29) is 29.6 Å². The number of aliphatic imine (C=N–C) groups is 1. The van der Waals surface area contributed by atoms with Gasteiger partial charge in [0.1, 0.15) is 5.75 Å². The van der Waals surface area contributed by atoms with Crippen LogP contribution in [-0.4, -0.2) is 30.1 Å². The van der Waals surface area contributed by atoms with Gasteiger partial charge in [-0.2, -0.15) is 0 Å². The van der Waals surface area contributed by atoms with E-state index in [1.807, 2.05) is 12.1 Å². The monoisotopic (exact) mass is 390 g/mol. The van der Waals surface area contributed by atoms with Crippen LogP contribution in [0.2, 0.25) is 0 Å². The largest absolute Gasteiger partial charge is 0.497 e. The predicted octanol–water partition coefficient (Wildman–Crippen LogP) is 4.44. The molecule has 1 N–H and O–H groups in total. The van der Waals surface area contributed by atoms with Crippen molar-refractivity contribution in [3.05, 3.63) is 59.2 Å². The van der Waals surface area contributed by atoms with Crippen molar-refractivity contribution in [1.82, 2.24) is 0 Å². The molecule has 0 saturated heterocycles. The fraction of sp³-hybridized carbons (Fsp3) is 0.375. The zero-order valence-electron chi connectivity index (χ0n) is 17.1. The molecule has 2 aromatic carbocycles. The highest BCUT2D eigenvalue weighted by Crippen LogP contribution is 2.32. The van der Waals surface area contributed by atoms with Gasteiger partial charge >= 0.3 is 0 Å². The van der Waals surface area contributed by atoms with Gasteiger partial charge in [0.05, 0.1) is 24.8 Å². The molecule has 2 aliphatic rings. The summed E-state index contributed by atoms with van der Waals surface area (Å²) in [7, 11) is 1.64. The number of nitrogens with one attached hydrogen (secondary N) is 1. The fourth-order valence-electron chi connectivity index (χ4n) is 3.75. The highest BCUT2D eigenvalue weighted by Gasteiger charge is 2.30. The topological polar surface area (TPSA) is 67.8 Å². The van der Waals surface area contributed by atoms with Crippen LogP contribution in [0, 0.1) is 5.92 Å². The number of rotatable bonds is 6. The van der Waals surface area contributed by atoms with Gasteiger partial charge in [-0.3, -0.25) is 14.6 Å². The lowest BCUT2D eigenvalue weighted by atomic mass is 9.85. The summed E-state index contributed by atoms with van der Waals surface area (Å²) in [6, 6.07) is 13.1. The number of hydrogen-bond donors (Lipinski definition) is 1. The molecule has 0 bridgehead atoms. The van der Waals surface area contributed by atoms with E-state index in [0.29, 0.717) is 5.56 Å². The Kier molecular flexibility index (Phi) is 4.99. The van der Waals surface area contributed by atoms with Gasteiger partial charge < -0.3 is 10.1 Å². The zero-order chi connectivity index (χ0) is 20.6. The molecule has 1 saturated carbocycles. The van der Waals surface area contributed by atoms with Gasteiger partial charge in [0.2, 0.25) is 5.91 Å². The van der Waals surface area contributed by atoms with E-state index >= 15 is 0 Å². The molecule has 5 nitrogen and oxygen atoms in total. The van der Waals surface area contributed by atoms with Crippen molar-refractivity contribution in [1.29, 1.82) is 0 Å². The second-order valence-corrected chi connectivity index (χ2v) is 8.51. The molecule has 4 rings (SSSR count). The zero-order valence-corrected chi connectivity index (χ0v) is 17.1. The predicted molar refractivity (Wildman–Crippen MR) is 114 cm³/mol. The number of carbonyl (C=O) groups excluding carboxylic acids is 2. The maximum atomic E-state index is 12.9. The van der Waals surface area contributed by atoms with Crippen LogP contribution in [-0.2, 0) is 11.2 Å².